The third-order valence-corrected chi connectivity index (χ3v) is 2.99. The van der Waals surface area contributed by atoms with Crippen LogP contribution in [0.25, 0.3) is 0 Å². The smallest absolute Gasteiger partial charge is 0.247 e. The molecule has 1 rings (SSSR count). The lowest BCUT2D eigenvalue weighted by molar-refractivity contribution is -0.129. The number of hydrogen-bond acceptors (Lipinski definition) is 4. The third kappa shape index (κ3) is 4.39. The summed E-state index contributed by atoms with van der Waals surface area (Å²) in [4.78, 5) is 23.7. The molecule has 2 amide bonds. The van der Waals surface area contributed by atoms with E-state index in [1.54, 1.807) is 19.9 Å². The molecule has 0 saturated carbocycles. The van der Waals surface area contributed by atoms with E-state index in [9.17, 15) is 9.59 Å². The Morgan fingerprint density at radius 3 is 2.42 bits per heavy atom. The first kappa shape index (κ1) is 15.2. The summed E-state index contributed by atoms with van der Waals surface area (Å²) in [5.74, 6) is 0.510. The molecule has 1 heterocycles. The van der Waals surface area contributed by atoms with Gasteiger partial charge in [-0.05, 0) is 26.7 Å². The number of carbonyl (C=O) groups is 2. The molecule has 1 atom stereocenters. The highest BCUT2D eigenvalue weighted by Gasteiger charge is 2.20. The van der Waals surface area contributed by atoms with Gasteiger partial charge in [0.25, 0.3) is 0 Å². The van der Waals surface area contributed by atoms with Gasteiger partial charge in [0, 0.05) is 12.0 Å². The van der Waals surface area contributed by atoms with Crippen molar-refractivity contribution in [3.05, 3.63) is 11.8 Å². The molecular formula is C13H21N3O3. The van der Waals surface area contributed by atoms with Crippen molar-refractivity contribution in [1.82, 2.24) is 10.5 Å². The van der Waals surface area contributed by atoms with Crippen molar-refractivity contribution in [3.63, 3.8) is 0 Å². The number of aromatic nitrogens is 1. The van der Waals surface area contributed by atoms with E-state index in [1.807, 2.05) is 13.8 Å². The molecule has 19 heavy (non-hydrogen) atoms. The summed E-state index contributed by atoms with van der Waals surface area (Å²) in [7, 11) is 0. The molecule has 0 aliphatic carbocycles. The van der Waals surface area contributed by atoms with Crippen LogP contribution in [0, 0.1) is 12.8 Å². The minimum absolute atomic E-state index is 0.0513. The van der Waals surface area contributed by atoms with Gasteiger partial charge in [0.1, 0.15) is 11.8 Å². The maximum Gasteiger partial charge on any atom is 0.247 e. The van der Waals surface area contributed by atoms with E-state index in [4.69, 9.17) is 4.52 Å². The van der Waals surface area contributed by atoms with E-state index in [2.05, 4.69) is 15.8 Å². The number of aryl methyl sites for hydroxylation is 1. The second-order valence-corrected chi connectivity index (χ2v) is 4.56. The third-order valence-electron chi connectivity index (χ3n) is 2.99. The van der Waals surface area contributed by atoms with Crippen molar-refractivity contribution in [2.24, 2.45) is 5.92 Å². The highest BCUT2D eigenvalue weighted by Crippen LogP contribution is 2.09. The Kier molecular flexibility index (Phi) is 5.54. The predicted octanol–water partition coefficient (Wildman–Crippen LogP) is 1.86. The molecule has 6 nitrogen and oxygen atoms in total. The van der Waals surface area contributed by atoms with Crippen LogP contribution in [-0.4, -0.2) is 23.0 Å². The molecule has 0 radical (unpaired) electrons. The van der Waals surface area contributed by atoms with Crippen molar-refractivity contribution in [1.29, 1.82) is 0 Å². The SMILES string of the molecule is CCC(CC)C(=O)N[C@@H](C)C(=O)Nc1cc(C)on1. The lowest BCUT2D eigenvalue weighted by Crippen LogP contribution is -2.44. The summed E-state index contributed by atoms with van der Waals surface area (Å²) >= 11 is 0. The predicted molar refractivity (Wildman–Crippen MR) is 71.5 cm³/mol. The van der Waals surface area contributed by atoms with Crippen LogP contribution in [0.3, 0.4) is 0 Å². The molecule has 0 saturated heterocycles. The molecule has 0 spiro atoms. The Bertz CT molecular complexity index is 438. The van der Waals surface area contributed by atoms with Crippen LogP contribution in [0.2, 0.25) is 0 Å². The molecule has 1 aromatic rings. The fraction of sp³-hybridized carbons (Fsp3) is 0.615. The first-order chi connectivity index (χ1) is 8.97. The quantitative estimate of drug-likeness (QED) is 0.824. The number of hydrogen-bond donors (Lipinski definition) is 2. The molecular weight excluding hydrogens is 246 g/mol. The fourth-order valence-corrected chi connectivity index (χ4v) is 1.72. The van der Waals surface area contributed by atoms with Crippen LogP contribution in [0.1, 0.15) is 39.4 Å². The number of carbonyl (C=O) groups excluding carboxylic acids is 2. The number of rotatable bonds is 6. The van der Waals surface area contributed by atoms with Crippen molar-refractivity contribution in [3.8, 4) is 0 Å². The maximum absolute atomic E-state index is 11.9. The Balaban J connectivity index is 2.51. The van der Waals surface area contributed by atoms with Crippen LogP contribution < -0.4 is 10.6 Å². The number of amides is 2. The standard InChI is InChI=1S/C13H21N3O3/c1-5-10(6-2)13(18)14-9(4)12(17)15-11-7-8(3)19-16-11/h7,9-10H,5-6H2,1-4H3,(H,14,18)(H,15,16,17)/t9-/m0/s1. The summed E-state index contributed by atoms with van der Waals surface area (Å²) in [6.45, 7) is 7.29. The average Bonchev–Trinajstić information content (AvgIpc) is 2.76. The zero-order chi connectivity index (χ0) is 14.4. The normalized spacial score (nSPS) is 12.3. The molecule has 0 aromatic carbocycles. The summed E-state index contributed by atoms with van der Waals surface area (Å²) in [6, 6.07) is 1.01. The first-order valence-electron chi connectivity index (χ1n) is 6.52. The Hall–Kier alpha value is -1.85. The van der Waals surface area contributed by atoms with Gasteiger partial charge in [0.15, 0.2) is 5.82 Å². The van der Waals surface area contributed by atoms with E-state index in [-0.39, 0.29) is 17.7 Å². The molecule has 1 aromatic heterocycles. The zero-order valence-electron chi connectivity index (χ0n) is 11.8. The van der Waals surface area contributed by atoms with Crippen molar-refractivity contribution in [2.75, 3.05) is 5.32 Å². The van der Waals surface area contributed by atoms with Gasteiger partial charge in [0.05, 0.1) is 0 Å². The van der Waals surface area contributed by atoms with E-state index in [0.29, 0.717) is 11.6 Å². The zero-order valence-corrected chi connectivity index (χ0v) is 11.8. The van der Waals surface area contributed by atoms with Gasteiger partial charge >= 0.3 is 0 Å². The number of nitrogens with one attached hydrogen (secondary N) is 2. The van der Waals surface area contributed by atoms with Crippen molar-refractivity contribution >= 4 is 17.6 Å². The maximum atomic E-state index is 11.9. The van der Waals surface area contributed by atoms with Crippen LogP contribution in [0.4, 0.5) is 5.82 Å². The van der Waals surface area contributed by atoms with E-state index >= 15 is 0 Å². The molecule has 0 unspecified atom stereocenters. The molecule has 0 bridgehead atoms. The molecule has 6 heteroatoms. The first-order valence-corrected chi connectivity index (χ1v) is 6.52. The van der Waals surface area contributed by atoms with Gasteiger partial charge in [-0.1, -0.05) is 19.0 Å². The molecule has 0 aliphatic heterocycles. The number of anilines is 1. The van der Waals surface area contributed by atoms with Crippen LogP contribution in [0.15, 0.2) is 10.6 Å². The monoisotopic (exact) mass is 267 g/mol. The molecule has 106 valence electrons. The lowest BCUT2D eigenvalue weighted by Gasteiger charge is -2.17. The van der Waals surface area contributed by atoms with Gasteiger partial charge in [0.2, 0.25) is 11.8 Å². The van der Waals surface area contributed by atoms with E-state index in [1.165, 1.54) is 0 Å². The van der Waals surface area contributed by atoms with Crippen LogP contribution >= 0.6 is 0 Å². The van der Waals surface area contributed by atoms with Gasteiger partial charge in [-0.15, -0.1) is 0 Å². The van der Waals surface area contributed by atoms with Gasteiger partial charge in [-0.3, -0.25) is 9.59 Å². The summed E-state index contributed by atoms with van der Waals surface area (Å²) in [5, 5.41) is 8.95. The number of nitrogens with zero attached hydrogens (tertiary/aromatic N) is 1. The minimum Gasteiger partial charge on any atom is -0.360 e. The largest absolute Gasteiger partial charge is 0.360 e. The molecule has 0 aliphatic rings. The summed E-state index contributed by atoms with van der Waals surface area (Å²) in [6.07, 6.45) is 1.53. The topological polar surface area (TPSA) is 84.2 Å². The average molecular weight is 267 g/mol. The van der Waals surface area contributed by atoms with Gasteiger partial charge in [-0.25, -0.2) is 0 Å². The Labute approximate surface area is 112 Å². The van der Waals surface area contributed by atoms with Gasteiger partial charge in [-0.2, -0.15) is 0 Å². The fourth-order valence-electron chi connectivity index (χ4n) is 1.72. The Morgan fingerprint density at radius 1 is 1.32 bits per heavy atom. The highest BCUT2D eigenvalue weighted by atomic mass is 16.5. The molecule has 2 N–H and O–H groups in total. The Morgan fingerprint density at radius 2 is 1.95 bits per heavy atom. The van der Waals surface area contributed by atoms with Crippen molar-refractivity contribution in [2.45, 2.75) is 46.6 Å². The van der Waals surface area contributed by atoms with E-state index in [0.717, 1.165) is 12.8 Å². The van der Waals surface area contributed by atoms with Crippen LogP contribution in [-0.2, 0) is 9.59 Å². The van der Waals surface area contributed by atoms with Gasteiger partial charge < -0.3 is 15.2 Å². The lowest BCUT2D eigenvalue weighted by atomic mass is 10.0. The van der Waals surface area contributed by atoms with E-state index < -0.39 is 6.04 Å². The minimum atomic E-state index is -0.606. The summed E-state index contributed by atoms with van der Waals surface area (Å²) < 4.78 is 4.85. The van der Waals surface area contributed by atoms with Crippen molar-refractivity contribution < 1.29 is 14.1 Å². The van der Waals surface area contributed by atoms with Crippen LogP contribution in [0.5, 0.6) is 0 Å². The second-order valence-electron chi connectivity index (χ2n) is 4.56. The second kappa shape index (κ2) is 6.92. The molecule has 0 fully saturated rings. The summed E-state index contributed by atoms with van der Waals surface area (Å²) in [5.41, 5.74) is 0. The highest BCUT2D eigenvalue weighted by molar-refractivity contribution is 5.96.